The van der Waals surface area contributed by atoms with Gasteiger partial charge < -0.3 is 41.6 Å². The van der Waals surface area contributed by atoms with Gasteiger partial charge in [0.05, 0.1) is 30.4 Å². The number of carbonyl (C=O) groups excluding carboxylic acids is 1. The summed E-state index contributed by atoms with van der Waals surface area (Å²) in [5, 5.41) is 2.27. The molecule has 6 heterocycles. The Morgan fingerprint density at radius 3 is 2.20 bits per heavy atom. The standard InChI is InChI=1S/C42H62N8O13P2S2Si2/c1-24(2)35(51)47-40-46-34-29(36(52)48-40)45-23-49(34)38-32-31(62-68(10,11)41(3,4)5)28(59-38)20-56-64(54,66)60-30-27(21-57-65(67,61-32)55-19-18-43-9)58-39(33(30)63-69(12,13)42(6,7)8)50-22-44-26-17-15-14-16-25(26)37(50)53/h14-17,22-24,27-28,30-33,38-39H,18-21H2,1-8,10-13H3,(H,54,66)(H2,46,47,48,51,52)/t27-,28-,30-,31-,32-,33-,38-,39-,64?,65?/m1/s1. The summed E-state index contributed by atoms with van der Waals surface area (Å²) in [7, 11) is -5.53. The Kier molecular flexibility index (Phi) is 15.7. The smallest absolute Gasteiger partial charge is 0.328 e. The number of carbonyl (C=O) groups is 1. The van der Waals surface area contributed by atoms with Crippen LogP contribution in [0.15, 0.2) is 46.5 Å². The van der Waals surface area contributed by atoms with E-state index < -0.39 is 115 Å². The highest BCUT2D eigenvalue weighted by Gasteiger charge is 2.57. The molecule has 10 atom stereocenters. The fourth-order valence-corrected chi connectivity index (χ4v) is 13.4. The lowest BCUT2D eigenvalue weighted by Crippen LogP contribution is -2.50. The van der Waals surface area contributed by atoms with Gasteiger partial charge in [-0.15, -0.1) is 0 Å². The third-order valence-electron chi connectivity index (χ3n) is 13.2. The average Bonchev–Trinajstić information content (AvgIpc) is 3.91. The van der Waals surface area contributed by atoms with Gasteiger partial charge in [0.2, 0.25) is 18.4 Å². The molecule has 3 N–H and O–H groups in total. The molecule has 3 aromatic heterocycles. The second kappa shape index (κ2) is 20.1. The van der Waals surface area contributed by atoms with Gasteiger partial charge in [-0.1, -0.05) is 67.5 Å². The van der Waals surface area contributed by atoms with Gasteiger partial charge >= 0.3 is 13.4 Å². The van der Waals surface area contributed by atoms with Crippen molar-refractivity contribution in [2.75, 3.05) is 31.7 Å². The van der Waals surface area contributed by atoms with Crippen LogP contribution in [0.4, 0.5) is 5.95 Å². The van der Waals surface area contributed by atoms with Crippen LogP contribution in [0.5, 0.6) is 0 Å². The number of benzene rings is 1. The van der Waals surface area contributed by atoms with Gasteiger partial charge in [0.1, 0.15) is 49.6 Å². The number of fused-ring (bicyclic) bond motifs is 5. The zero-order chi connectivity index (χ0) is 50.6. The van der Waals surface area contributed by atoms with Crippen molar-refractivity contribution in [3.8, 4) is 0 Å². The minimum absolute atomic E-state index is 0.0170. The van der Waals surface area contributed by atoms with E-state index in [-0.39, 0.29) is 40.3 Å². The number of ether oxygens (including phenoxy) is 2. The third-order valence-corrected chi connectivity index (χ3v) is 26.1. The van der Waals surface area contributed by atoms with Crippen LogP contribution >= 0.6 is 13.4 Å². The van der Waals surface area contributed by atoms with E-state index in [1.165, 1.54) is 21.8 Å². The van der Waals surface area contributed by atoms with Crippen molar-refractivity contribution in [1.82, 2.24) is 29.1 Å². The van der Waals surface area contributed by atoms with Crippen LogP contribution < -0.4 is 16.4 Å². The molecule has 0 spiro atoms. The highest BCUT2D eigenvalue weighted by atomic mass is 32.5. The number of amides is 1. The number of para-hydroxylation sites is 1. The molecule has 3 aliphatic rings. The van der Waals surface area contributed by atoms with Crippen LogP contribution in [0.2, 0.25) is 36.3 Å². The molecule has 27 heteroatoms. The SMILES string of the molecule is [C-]#[N+]CCOP1(=S)OC[C@H]2O[C@@H](n3cnc4ccccc4c3=O)[C@H](O[Si](C)(C)C(C)(C)C)[C@@H]2OP(O)(=S)OC[C@H]2O[C@@H](n3cnc4c(=O)[nH]c(NC(=O)C(C)C)nc43)[C@H](O1)[C@@H]2O[Si](C)(C)C(C)(C)C. The Morgan fingerprint density at radius 2 is 1.55 bits per heavy atom. The van der Waals surface area contributed by atoms with Gasteiger partial charge in [-0.05, 0) is 72.0 Å². The normalized spacial score (nSPS) is 29.6. The van der Waals surface area contributed by atoms with Crippen LogP contribution in [0.3, 0.4) is 0 Å². The Labute approximate surface area is 412 Å². The molecule has 69 heavy (non-hydrogen) atoms. The van der Waals surface area contributed by atoms with Crippen molar-refractivity contribution < 1.29 is 50.6 Å². The van der Waals surface area contributed by atoms with E-state index in [0.717, 1.165) is 0 Å². The van der Waals surface area contributed by atoms with Crippen LogP contribution in [0, 0.1) is 12.5 Å². The van der Waals surface area contributed by atoms with Crippen LogP contribution in [0.25, 0.3) is 26.9 Å². The fourth-order valence-electron chi connectivity index (χ4n) is 7.33. The summed E-state index contributed by atoms with van der Waals surface area (Å²) in [5.74, 6) is -0.950. The fraction of sp³-hybridized carbons (Fsp3) is 0.643. The number of rotatable bonds is 11. The highest BCUT2D eigenvalue weighted by Crippen LogP contribution is 2.58. The largest absolute Gasteiger partial charge is 0.408 e. The second-order valence-electron chi connectivity index (χ2n) is 20.5. The second-order valence-corrected chi connectivity index (χ2v) is 35.8. The number of nitrogens with one attached hydrogen (secondary N) is 2. The number of aromatic amines is 1. The number of H-pyrrole nitrogens is 1. The van der Waals surface area contributed by atoms with Gasteiger partial charge in [-0.25, -0.2) is 16.5 Å². The molecule has 0 saturated carbocycles. The molecule has 0 aliphatic carbocycles. The van der Waals surface area contributed by atoms with Crippen LogP contribution in [-0.4, -0.2) is 119 Å². The van der Waals surface area contributed by atoms with E-state index in [9.17, 15) is 19.3 Å². The van der Waals surface area contributed by atoms with E-state index in [0.29, 0.717) is 10.9 Å². The number of hydrogen-bond acceptors (Lipinski definition) is 17. The van der Waals surface area contributed by atoms with E-state index in [1.807, 2.05) is 26.2 Å². The zero-order valence-electron chi connectivity index (χ0n) is 40.7. The molecule has 1 aromatic carbocycles. The topological polar surface area (TPSA) is 235 Å². The molecular weight excluding hydrogens is 1010 g/mol. The number of hydrogen-bond donors (Lipinski definition) is 3. The van der Waals surface area contributed by atoms with Crippen molar-refractivity contribution >= 4 is 87.6 Å². The molecule has 2 bridgehead atoms. The third kappa shape index (κ3) is 11.5. The molecular formula is C42H62N8O13P2S2Si2. The van der Waals surface area contributed by atoms with Crippen molar-refractivity contribution in [3.63, 3.8) is 0 Å². The first-order valence-corrected chi connectivity index (χ1v) is 33.5. The Balaban J connectivity index is 1.36. The molecule has 3 saturated heterocycles. The summed E-state index contributed by atoms with van der Waals surface area (Å²) in [5.41, 5.74) is -0.632. The monoisotopic (exact) mass is 1070 g/mol. The van der Waals surface area contributed by atoms with E-state index in [4.69, 9.17) is 71.1 Å². The summed E-state index contributed by atoms with van der Waals surface area (Å²) >= 11 is 12.0. The predicted molar refractivity (Wildman–Crippen MR) is 269 cm³/mol. The van der Waals surface area contributed by atoms with Gasteiger partial charge in [-0.2, -0.15) is 4.98 Å². The van der Waals surface area contributed by atoms with Crippen molar-refractivity contribution in [3.05, 3.63) is 69.0 Å². The summed E-state index contributed by atoms with van der Waals surface area (Å²) in [6, 6.07) is 6.91. The molecule has 2 unspecified atom stereocenters. The summed E-state index contributed by atoms with van der Waals surface area (Å²) in [6.45, 7) is 21.9. The lowest BCUT2D eigenvalue weighted by molar-refractivity contribution is -0.118. The summed E-state index contributed by atoms with van der Waals surface area (Å²) in [6.07, 6.45) is -6.54. The van der Waals surface area contributed by atoms with Gasteiger partial charge in [-0.3, -0.25) is 42.9 Å². The minimum atomic E-state index is -4.32. The van der Waals surface area contributed by atoms with Crippen LogP contribution in [-0.2, 0) is 69.4 Å². The zero-order valence-corrected chi connectivity index (χ0v) is 46.2. The molecule has 1 amide bonds. The average molecular weight is 1070 g/mol. The lowest BCUT2D eigenvalue weighted by atomic mass is 10.1. The highest BCUT2D eigenvalue weighted by molar-refractivity contribution is 8.07. The van der Waals surface area contributed by atoms with E-state index in [2.05, 4.69) is 71.6 Å². The minimum Gasteiger partial charge on any atom is -0.408 e. The molecule has 0 radical (unpaired) electrons. The van der Waals surface area contributed by atoms with Crippen molar-refractivity contribution in [1.29, 1.82) is 0 Å². The molecule has 21 nitrogen and oxygen atoms in total. The summed E-state index contributed by atoms with van der Waals surface area (Å²) in [4.78, 5) is 72.1. The molecule has 4 aromatic rings. The molecule has 3 aliphatic heterocycles. The summed E-state index contributed by atoms with van der Waals surface area (Å²) < 4.78 is 63.0. The van der Waals surface area contributed by atoms with E-state index in [1.54, 1.807) is 38.1 Å². The van der Waals surface area contributed by atoms with Crippen LogP contribution in [0.1, 0.15) is 67.8 Å². The van der Waals surface area contributed by atoms with E-state index >= 15 is 0 Å². The van der Waals surface area contributed by atoms with Crippen molar-refractivity contribution in [2.24, 2.45) is 5.92 Å². The first kappa shape index (κ1) is 53.8. The predicted octanol–water partition coefficient (Wildman–Crippen LogP) is 6.89. The molecule has 3 fully saturated rings. The molecule has 378 valence electrons. The molecule has 7 rings (SSSR count). The maximum atomic E-state index is 14.3. The number of anilines is 1. The van der Waals surface area contributed by atoms with Gasteiger partial charge in [0, 0.05) is 5.92 Å². The van der Waals surface area contributed by atoms with Gasteiger partial charge in [0.25, 0.3) is 11.1 Å². The Hall–Kier alpha value is -3.00. The first-order valence-electron chi connectivity index (χ1n) is 22.5. The number of nitrogens with zero attached hydrogens (tertiary/aromatic N) is 6. The lowest BCUT2D eigenvalue weighted by Gasteiger charge is -2.41. The number of imidazole rings is 1. The quantitative estimate of drug-likeness (QED) is 0.0600. The maximum Gasteiger partial charge on any atom is 0.328 e. The maximum absolute atomic E-state index is 14.3. The number of aromatic nitrogens is 6. The Morgan fingerprint density at radius 1 is 0.928 bits per heavy atom. The first-order chi connectivity index (χ1) is 32.1. The Bertz CT molecular complexity index is 2830. The van der Waals surface area contributed by atoms with Gasteiger partial charge in [0.15, 0.2) is 40.3 Å². The van der Waals surface area contributed by atoms with Crippen molar-refractivity contribution in [2.45, 2.75) is 141 Å².